The molecule has 1 aliphatic heterocycles. The van der Waals surface area contributed by atoms with E-state index in [1.165, 1.54) is 0 Å². The van der Waals surface area contributed by atoms with Crippen molar-refractivity contribution in [2.45, 2.75) is 19.4 Å². The first-order chi connectivity index (χ1) is 3.70. The summed E-state index contributed by atoms with van der Waals surface area (Å²) in [5, 5.41) is 2.70. The third kappa shape index (κ3) is 0.735. The molecule has 1 heterocycles. The fraction of sp³-hybridized carbons (Fsp3) is 0.500. The Morgan fingerprint density at radius 2 is 2.50 bits per heavy atom. The van der Waals surface area contributed by atoms with Gasteiger partial charge in [0.15, 0.2) is 0 Å². The zero-order chi connectivity index (χ0) is 6.15. The van der Waals surface area contributed by atoms with E-state index < -0.39 is 0 Å². The van der Waals surface area contributed by atoms with Crippen LogP contribution in [-0.2, 0) is 4.79 Å². The zero-order valence-corrected chi connectivity index (χ0v) is 4.90. The molecule has 2 nitrogen and oxygen atoms in total. The number of nitrogens with one attached hydrogen (secondary N) is 1. The maximum Gasteiger partial charge on any atom is 0.222 e. The van der Waals surface area contributed by atoms with Crippen molar-refractivity contribution < 1.29 is 4.79 Å². The maximum atomic E-state index is 10.3. The number of β-lactam (4-membered cyclic amide) rings is 1. The number of amides is 1. The SMILES string of the molecule is C=C(C)C1CC(=O)N1. The molecule has 1 aliphatic rings. The molecule has 1 rings (SSSR count). The van der Waals surface area contributed by atoms with Crippen molar-refractivity contribution in [1.82, 2.24) is 5.32 Å². The van der Waals surface area contributed by atoms with Crippen LogP contribution in [0.5, 0.6) is 0 Å². The molecule has 0 aromatic rings. The lowest BCUT2D eigenvalue weighted by molar-refractivity contribution is -0.127. The van der Waals surface area contributed by atoms with Crippen molar-refractivity contribution in [3.05, 3.63) is 12.2 Å². The highest BCUT2D eigenvalue weighted by atomic mass is 16.2. The minimum absolute atomic E-state index is 0.137. The lowest BCUT2D eigenvalue weighted by atomic mass is 10.0. The highest BCUT2D eigenvalue weighted by Crippen LogP contribution is 2.10. The quantitative estimate of drug-likeness (QED) is 0.386. The lowest BCUT2D eigenvalue weighted by Gasteiger charge is -2.26. The molecular formula is C6H9NO. The molecule has 8 heavy (non-hydrogen) atoms. The molecule has 0 saturated carbocycles. The van der Waals surface area contributed by atoms with E-state index in [9.17, 15) is 4.79 Å². The van der Waals surface area contributed by atoms with Crippen LogP contribution in [0.4, 0.5) is 0 Å². The molecule has 0 aliphatic carbocycles. The first kappa shape index (κ1) is 5.35. The van der Waals surface area contributed by atoms with E-state index >= 15 is 0 Å². The summed E-state index contributed by atoms with van der Waals surface area (Å²) < 4.78 is 0. The Morgan fingerprint density at radius 3 is 2.62 bits per heavy atom. The molecule has 1 unspecified atom stereocenters. The topological polar surface area (TPSA) is 29.1 Å². The predicted octanol–water partition coefficient (Wildman–Crippen LogP) is 0.451. The fourth-order valence-corrected chi connectivity index (χ4v) is 0.656. The molecule has 1 N–H and O–H groups in total. The van der Waals surface area contributed by atoms with E-state index in [2.05, 4.69) is 11.9 Å². The second-order valence-electron chi connectivity index (χ2n) is 2.17. The molecule has 0 radical (unpaired) electrons. The Balaban J connectivity index is 2.35. The van der Waals surface area contributed by atoms with Gasteiger partial charge in [-0.25, -0.2) is 0 Å². The van der Waals surface area contributed by atoms with Gasteiger partial charge < -0.3 is 5.32 Å². The van der Waals surface area contributed by atoms with Gasteiger partial charge in [-0.3, -0.25) is 4.79 Å². The number of carbonyl (C=O) groups excluding carboxylic acids is 1. The average Bonchev–Trinajstić information content (AvgIpc) is 1.57. The minimum Gasteiger partial charge on any atom is -0.349 e. The predicted molar refractivity (Wildman–Crippen MR) is 31.4 cm³/mol. The Kier molecular flexibility index (Phi) is 1.08. The van der Waals surface area contributed by atoms with E-state index in [1.807, 2.05) is 6.92 Å². The van der Waals surface area contributed by atoms with Crippen molar-refractivity contribution in [2.24, 2.45) is 0 Å². The summed E-state index contributed by atoms with van der Waals surface area (Å²) in [6, 6.07) is 0.266. The van der Waals surface area contributed by atoms with Crippen LogP contribution in [0.15, 0.2) is 12.2 Å². The Hall–Kier alpha value is -0.790. The molecule has 1 saturated heterocycles. The van der Waals surface area contributed by atoms with E-state index in [0.717, 1.165) is 5.57 Å². The smallest absolute Gasteiger partial charge is 0.222 e. The van der Waals surface area contributed by atoms with Gasteiger partial charge in [-0.15, -0.1) is 0 Å². The van der Waals surface area contributed by atoms with Crippen molar-refractivity contribution >= 4 is 5.91 Å². The van der Waals surface area contributed by atoms with Crippen molar-refractivity contribution in [1.29, 1.82) is 0 Å². The van der Waals surface area contributed by atoms with Crippen LogP contribution >= 0.6 is 0 Å². The maximum absolute atomic E-state index is 10.3. The van der Waals surface area contributed by atoms with Crippen LogP contribution in [0.25, 0.3) is 0 Å². The van der Waals surface area contributed by atoms with Crippen LogP contribution in [0.1, 0.15) is 13.3 Å². The largest absolute Gasteiger partial charge is 0.349 e. The third-order valence-electron chi connectivity index (χ3n) is 1.32. The summed E-state index contributed by atoms with van der Waals surface area (Å²) in [5.41, 5.74) is 1.05. The Labute approximate surface area is 48.6 Å². The van der Waals surface area contributed by atoms with Gasteiger partial charge in [0.05, 0.1) is 12.5 Å². The highest BCUT2D eigenvalue weighted by Gasteiger charge is 2.24. The van der Waals surface area contributed by atoms with Crippen LogP contribution in [0, 0.1) is 0 Å². The Bertz CT molecular complexity index is 131. The average molecular weight is 111 g/mol. The summed E-state index contributed by atoms with van der Waals surface area (Å²) in [7, 11) is 0. The van der Waals surface area contributed by atoms with Gasteiger partial charge in [-0.05, 0) is 6.92 Å². The number of hydrogen-bond acceptors (Lipinski definition) is 1. The van der Waals surface area contributed by atoms with E-state index in [0.29, 0.717) is 6.42 Å². The Morgan fingerprint density at radius 1 is 2.00 bits per heavy atom. The molecule has 1 fully saturated rings. The number of rotatable bonds is 1. The van der Waals surface area contributed by atoms with Gasteiger partial charge in [0.2, 0.25) is 5.91 Å². The molecule has 0 aromatic carbocycles. The van der Waals surface area contributed by atoms with Crippen molar-refractivity contribution in [3.63, 3.8) is 0 Å². The molecule has 0 aromatic heterocycles. The van der Waals surface area contributed by atoms with Gasteiger partial charge in [0.1, 0.15) is 0 Å². The monoisotopic (exact) mass is 111 g/mol. The summed E-state index contributed by atoms with van der Waals surface area (Å²) in [4.78, 5) is 10.3. The summed E-state index contributed by atoms with van der Waals surface area (Å²) in [6.07, 6.45) is 0.634. The molecule has 2 heteroatoms. The van der Waals surface area contributed by atoms with Crippen molar-refractivity contribution in [3.8, 4) is 0 Å². The van der Waals surface area contributed by atoms with Crippen LogP contribution < -0.4 is 5.32 Å². The fourth-order valence-electron chi connectivity index (χ4n) is 0.656. The summed E-state index contributed by atoms with van der Waals surface area (Å²) >= 11 is 0. The lowest BCUT2D eigenvalue weighted by Crippen LogP contribution is -2.48. The molecule has 44 valence electrons. The van der Waals surface area contributed by atoms with Gasteiger partial charge in [-0.1, -0.05) is 12.2 Å². The van der Waals surface area contributed by atoms with E-state index in [-0.39, 0.29) is 11.9 Å². The molecular weight excluding hydrogens is 102 g/mol. The molecule has 1 atom stereocenters. The first-order valence-electron chi connectivity index (χ1n) is 2.65. The van der Waals surface area contributed by atoms with Gasteiger partial charge in [-0.2, -0.15) is 0 Å². The number of carbonyl (C=O) groups is 1. The van der Waals surface area contributed by atoms with Crippen LogP contribution in [0.3, 0.4) is 0 Å². The second kappa shape index (κ2) is 1.62. The summed E-state index contributed by atoms with van der Waals surface area (Å²) in [6.45, 7) is 5.62. The van der Waals surface area contributed by atoms with Crippen LogP contribution in [0.2, 0.25) is 0 Å². The van der Waals surface area contributed by atoms with Gasteiger partial charge in [0, 0.05) is 0 Å². The van der Waals surface area contributed by atoms with Crippen molar-refractivity contribution in [2.75, 3.05) is 0 Å². The van der Waals surface area contributed by atoms with E-state index in [1.54, 1.807) is 0 Å². The molecule has 0 spiro atoms. The number of hydrogen-bond donors (Lipinski definition) is 1. The second-order valence-corrected chi connectivity index (χ2v) is 2.17. The van der Waals surface area contributed by atoms with Gasteiger partial charge in [0.25, 0.3) is 0 Å². The third-order valence-corrected chi connectivity index (χ3v) is 1.32. The zero-order valence-electron chi connectivity index (χ0n) is 4.90. The minimum atomic E-state index is 0.137. The van der Waals surface area contributed by atoms with Crippen LogP contribution in [-0.4, -0.2) is 11.9 Å². The molecule has 1 amide bonds. The summed E-state index contributed by atoms with van der Waals surface area (Å²) in [5.74, 6) is 0.137. The normalized spacial score (nSPS) is 26.1. The first-order valence-corrected chi connectivity index (χ1v) is 2.65. The van der Waals surface area contributed by atoms with E-state index in [4.69, 9.17) is 0 Å². The highest BCUT2D eigenvalue weighted by molar-refractivity contribution is 5.83. The molecule has 0 bridgehead atoms. The van der Waals surface area contributed by atoms with Gasteiger partial charge >= 0.3 is 0 Å². The standard InChI is InChI=1S/C6H9NO/c1-4(2)5-3-6(8)7-5/h5H,1,3H2,2H3,(H,7,8).